The number of nitrogens with one attached hydrogen (secondary N) is 1. The Morgan fingerprint density at radius 2 is 1.77 bits per heavy atom. The lowest BCUT2D eigenvalue weighted by atomic mass is 9.95. The van der Waals surface area contributed by atoms with Crippen LogP contribution in [0.4, 0.5) is 11.4 Å². The first-order chi connectivity index (χ1) is 14.8. The van der Waals surface area contributed by atoms with Crippen molar-refractivity contribution >= 4 is 33.2 Å². The third-order valence-electron chi connectivity index (χ3n) is 6.65. The average Bonchev–Trinajstić information content (AvgIpc) is 2.76. The van der Waals surface area contributed by atoms with Crippen LogP contribution in [0, 0.1) is 0 Å². The van der Waals surface area contributed by atoms with Gasteiger partial charge in [0, 0.05) is 26.7 Å². The molecule has 0 radical (unpaired) electrons. The number of sulfonamides is 1. The smallest absolute Gasteiger partial charge is 0.250 e. The van der Waals surface area contributed by atoms with Gasteiger partial charge in [-0.15, -0.1) is 0 Å². The van der Waals surface area contributed by atoms with Crippen LogP contribution in [0.2, 0.25) is 0 Å². The van der Waals surface area contributed by atoms with Gasteiger partial charge in [0.25, 0.3) is 0 Å². The first-order valence-electron chi connectivity index (χ1n) is 11.2. The third kappa shape index (κ3) is 4.30. The molecule has 8 nitrogen and oxygen atoms in total. The van der Waals surface area contributed by atoms with Gasteiger partial charge in [0.2, 0.25) is 21.8 Å². The predicted molar refractivity (Wildman–Crippen MR) is 120 cm³/mol. The number of piperidine rings is 1. The van der Waals surface area contributed by atoms with Crippen LogP contribution < -0.4 is 15.1 Å². The lowest BCUT2D eigenvalue weighted by Crippen LogP contribution is -2.57. The SMILES string of the molecule is CN(C)S(=O)(=O)c1ccc2c(c1)N(CC(=O)NC1CCCCC1)C(=O)[C@H]1CCCCN21. The maximum absolute atomic E-state index is 13.4. The van der Waals surface area contributed by atoms with Crippen molar-refractivity contribution in [3.8, 4) is 0 Å². The van der Waals surface area contributed by atoms with Gasteiger partial charge in [-0.05, 0) is 50.3 Å². The molecule has 2 amide bonds. The zero-order valence-corrected chi connectivity index (χ0v) is 19.2. The Labute approximate surface area is 184 Å². The molecule has 1 N–H and O–H groups in total. The number of hydrogen-bond donors (Lipinski definition) is 1. The van der Waals surface area contributed by atoms with Crippen molar-refractivity contribution in [3.63, 3.8) is 0 Å². The molecule has 0 spiro atoms. The van der Waals surface area contributed by atoms with E-state index in [1.165, 1.54) is 25.4 Å². The van der Waals surface area contributed by atoms with Crippen molar-refractivity contribution in [2.45, 2.75) is 68.3 Å². The molecule has 2 aliphatic heterocycles. The first-order valence-corrected chi connectivity index (χ1v) is 12.7. The van der Waals surface area contributed by atoms with Crippen LogP contribution in [0.3, 0.4) is 0 Å². The van der Waals surface area contributed by atoms with Gasteiger partial charge in [0.15, 0.2) is 0 Å². The molecule has 170 valence electrons. The maximum atomic E-state index is 13.4. The van der Waals surface area contributed by atoms with Crippen LogP contribution >= 0.6 is 0 Å². The number of rotatable bonds is 5. The van der Waals surface area contributed by atoms with E-state index in [1.54, 1.807) is 18.2 Å². The highest BCUT2D eigenvalue weighted by Crippen LogP contribution is 2.40. The fraction of sp³-hybridized carbons (Fsp3) is 0.636. The molecule has 0 bridgehead atoms. The number of carbonyl (C=O) groups excluding carboxylic acids is 2. The second kappa shape index (κ2) is 8.78. The van der Waals surface area contributed by atoms with Crippen LogP contribution in [0.15, 0.2) is 23.1 Å². The highest BCUT2D eigenvalue weighted by molar-refractivity contribution is 7.89. The molecular formula is C22H32N4O4S. The van der Waals surface area contributed by atoms with Crippen molar-refractivity contribution in [3.05, 3.63) is 18.2 Å². The van der Waals surface area contributed by atoms with E-state index in [-0.39, 0.29) is 35.3 Å². The zero-order chi connectivity index (χ0) is 22.2. The summed E-state index contributed by atoms with van der Waals surface area (Å²) >= 11 is 0. The van der Waals surface area contributed by atoms with Gasteiger partial charge in [-0.25, -0.2) is 12.7 Å². The zero-order valence-electron chi connectivity index (χ0n) is 18.3. The van der Waals surface area contributed by atoms with Crippen LogP contribution in [0.25, 0.3) is 0 Å². The molecule has 0 aromatic heterocycles. The van der Waals surface area contributed by atoms with E-state index < -0.39 is 10.0 Å². The van der Waals surface area contributed by atoms with Gasteiger partial charge in [-0.3, -0.25) is 14.5 Å². The molecule has 1 saturated carbocycles. The Bertz CT molecular complexity index is 956. The van der Waals surface area contributed by atoms with Crippen molar-refractivity contribution in [1.29, 1.82) is 0 Å². The molecule has 2 fully saturated rings. The van der Waals surface area contributed by atoms with Crippen LogP contribution in [-0.2, 0) is 19.6 Å². The van der Waals surface area contributed by atoms with Gasteiger partial charge >= 0.3 is 0 Å². The minimum absolute atomic E-state index is 0.0852. The molecule has 1 aromatic carbocycles. The Balaban J connectivity index is 1.67. The van der Waals surface area contributed by atoms with E-state index in [0.29, 0.717) is 5.69 Å². The number of anilines is 2. The van der Waals surface area contributed by atoms with E-state index in [1.807, 2.05) is 0 Å². The Hall–Kier alpha value is -2.13. The van der Waals surface area contributed by atoms with Crippen molar-refractivity contribution in [2.24, 2.45) is 0 Å². The Morgan fingerprint density at radius 3 is 2.48 bits per heavy atom. The average molecular weight is 449 g/mol. The minimum Gasteiger partial charge on any atom is -0.358 e. The van der Waals surface area contributed by atoms with Crippen LogP contribution in [0.1, 0.15) is 51.4 Å². The van der Waals surface area contributed by atoms with E-state index in [2.05, 4.69) is 10.2 Å². The van der Waals surface area contributed by atoms with E-state index in [4.69, 9.17) is 0 Å². The predicted octanol–water partition coefficient (Wildman–Crippen LogP) is 2.09. The number of carbonyl (C=O) groups is 2. The summed E-state index contributed by atoms with van der Waals surface area (Å²) in [4.78, 5) is 29.9. The van der Waals surface area contributed by atoms with Crippen LogP contribution in [0.5, 0.6) is 0 Å². The summed E-state index contributed by atoms with van der Waals surface area (Å²) in [5, 5.41) is 3.08. The second-order valence-electron chi connectivity index (χ2n) is 8.97. The molecular weight excluding hydrogens is 416 g/mol. The third-order valence-corrected chi connectivity index (χ3v) is 8.46. The highest BCUT2D eigenvalue weighted by Gasteiger charge is 2.40. The molecule has 3 aliphatic rings. The normalized spacial score (nSPS) is 22.3. The number of benzene rings is 1. The lowest BCUT2D eigenvalue weighted by Gasteiger charge is -2.45. The first kappa shape index (κ1) is 22.1. The molecule has 1 saturated heterocycles. The number of nitrogens with zero attached hydrogens (tertiary/aromatic N) is 3. The molecule has 9 heteroatoms. The lowest BCUT2D eigenvalue weighted by molar-refractivity contribution is -0.125. The summed E-state index contributed by atoms with van der Waals surface area (Å²) in [7, 11) is -0.691. The highest BCUT2D eigenvalue weighted by atomic mass is 32.2. The van der Waals surface area contributed by atoms with Gasteiger partial charge in [-0.2, -0.15) is 0 Å². The summed E-state index contributed by atoms with van der Waals surface area (Å²) in [5.74, 6) is -0.304. The number of fused-ring (bicyclic) bond motifs is 3. The molecule has 1 aliphatic carbocycles. The summed E-state index contributed by atoms with van der Waals surface area (Å²) in [6.07, 6.45) is 8.07. The number of amides is 2. The molecule has 2 heterocycles. The standard InChI is InChI=1S/C22H32N4O4S/c1-24(2)31(29,30)17-11-12-18-20(14-17)26(22(28)19-10-6-7-13-25(18)19)15-21(27)23-16-8-4-3-5-9-16/h11-12,14,16,19H,3-10,13,15H2,1-2H3,(H,23,27)/t19-/m1/s1. The molecule has 0 unspecified atom stereocenters. The van der Waals surface area contributed by atoms with Gasteiger partial charge in [0.1, 0.15) is 12.6 Å². The van der Waals surface area contributed by atoms with Crippen LogP contribution in [-0.4, -0.2) is 63.8 Å². The van der Waals surface area contributed by atoms with Crippen molar-refractivity contribution in [2.75, 3.05) is 37.0 Å². The number of hydrogen-bond acceptors (Lipinski definition) is 5. The largest absolute Gasteiger partial charge is 0.358 e. The molecule has 4 rings (SSSR count). The molecule has 1 atom stereocenters. The van der Waals surface area contributed by atoms with E-state index >= 15 is 0 Å². The summed E-state index contributed by atoms with van der Waals surface area (Å²) in [6, 6.07) is 4.78. The quantitative estimate of drug-likeness (QED) is 0.745. The van der Waals surface area contributed by atoms with Gasteiger partial charge in [0.05, 0.1) is 16.3 Å². The fourth-order valence-electron chi connectivity index (χ4n) is 4.94. The van der Waals surface area contributed by atoms with Crippen molar-refractivity contribution in [1.82, 2.24) is 9.62 Å². The van der Waals surface area contributed by atoms with E-state index in [9.17, 15) is 18.0 Å². The van der Waals surface area contributed by atoms with Gasteiger partial charge < -0.3 is 10.2 Å². The topological polar surface area (TPSA) is 90.0 Å². The monoisotopic (exact) mass is 448 g/mol. The summed E-state index contributed by atoms with van der Waals surface area (Å²) in [6.45, 7) is 0.670. The maximum Gasteiger partial charge on any atom is 0.250 e. The molecule has 1 aromatic rings. The molecule has 31 heavy (non-hydrogen) atoms. The fourth-order valence-corrected chi connectivity index (χ4v) is 5.86. The van der Waals surface area contributed by atoms with E-state index in [0.717, 1.165) is 61.5 Å². The van der Waals surface area contributed by atoms with Crippen molar-refractivity contribution < 1.29 is 18.0 Å². The second-order valence-corrected chi connectivity index (χ2v) is 11.1. The van der Waals surface area contributed by atoms with Gasteiger partial charge in [-0.1, -0.05) is 19.3 Å². The Morgan fingerprint density at radius 1 is 1.06 bits per heavy atom. The minimum atomic E-state index is -3.66. The summed E-state index contributed by atoms with van der Waals surface area (Å²) < 4.78 is 26.6. The Kier molecular flexibility index (Phi) is 6.25. The summed E-state index contributed by atoms with van der Waals surface area (Å²) in [5.41, 5.74) is 1.33.